The molecule has 74 valence electrons. The van der Waals surface area contributed by atoms with Gasteiger partial charge >= 0.3 is 0 Å². The third-order valence-electron chi connectivity index (χ3n) is 2.54. The average molecular weight is 187 g/mol. The third kappa shape index (κ3) is 2.33. The summed E-state index contributed by atoms with van der Waals surface area (Å²) in [7, 11) is 0. The SMILES string of the molecule is C#CN1CC(F)(F)CCC1C(C)C. The molecule has 3 heteroatoms. The predicted molar refractivity (Wildman–Crippen MR) is 48.3 cm³/mol. The Morgan fingerprint density at radius 2 is 2.15 bits per heavy atom. The topological polar surface area (TPSA) is 3.24 Å². The molecule has 1 rings (SSSR count). The fourth-order valence-corrected chi connectivity index (χ4v) is 1.80. The number of likely N-dealkylation sites (tertiary alicyclic amines) is 1. The normalized spacial score (nSPS) is 27.4. The summed E-state index contributed by atoms with van der Waals surface area (Å²) >= 11 is 0. The number of nitrogens with zero attached hydrogens (tertiary/aromatic N) is 1. The van der Waals surface area contributed by atoms with Gasteiger partial charge < -0.3 is 4.90 Å². The van der Waals surface area contributed by atoms with Crippen LogP contribution in [0.1, 0.15) is 26.7 Å². The van der Waals surface area contributed by atoms with Crippen LogP contribution in [-0.4, -0.2) is 23.4 Å². The van der Waals surface area contributed by atoms with Crippen LogP contribution in [0.5, 0.6) is 0 Å². The van der Waals surface area contributed by atoms with E-state index >= 15 is 0 Å². The molecule has 1 aliphatic heterocycles. The Bertz CT molecular complexity index is 217. The Hall–Kier alpha value is -0.780. The maximum atomic E-state index is 12.9. The second-order valence-corrected chi connectivity index (χ2v) is 3.96. The summed E-state index contributed by atoms with van der Waals surface area (Å²) < 4.78 is 25.9. The van der Waals surface area contributed by atoms with Gasteiger partial charge in [0, 0.05) is 18.5 Å². The molecule has 0 N–H and O–H groups in total. The van der Waals surface area contributed by atoms with Crippen molar-refractivity contribution in [3.63, 3.8) is 0 Å². The first-order valence-corrected chi connectivity index (χ1v) is 4.57. The van der Waals surface area contributed by atoms with Crippen molar-refractivity contribution < 1.29 is 8.78 Å². The van der Waals surface area contributed by atoms with Gasteiger partial charge in [-0.05, 0) is 12.3 Å². The number of halogens is 2. The molecule has 1 heterocycles. The Morgan fingerprint density at radius 3 is 2.62 bits per heavy atom. The van der Waals surface area contributed by atoms with Gasteiger partial charge in [-0.3, -0.25) is 0 Å². The van der Waals surface area contributed by atoms with E-state index in [1.165, 1.54) is 4.90 Å². The molecule has 0 aromatic heterocycles. The van der Waals surface area contributed by atoms with Crippen molar-refractivity contribution in [3.8, 4) is 12.5 Å². The molecule has 0 bridgehead atoms. The summed E-state index contributed by atoms with van der Waals surface area (Å²) in [6.07, 6.45) is 5.66. The smallest absolute Gasteiger partial charge is 0.266 e. The van der Waals surface area contributed by atoms with Crippen molar-refractivity contribution in [3.05, 3.63) is 0 Å². The number of hydrogen-bond acceptors (Lipinski definition) is 1. The first kappa shape index (κ1) is 10.3. The lowest BCUT2D eigenvalue weighted by Crippen LogP contribution is -2.48. The summed E-state index contributed by atoms with van der Waals surface area (Å²) in [4.78, 5) is 1.44. The average Bonchev–Trinajstić information content (AvgIpc) is 2.01. The minimum Gasteiger partial charge on any atom is -0.323 e. The Labute approximate surface area is 78.1 Å². The molecule has 0 aliphatic carbocycles. The lowest BCUT2D eigenvalue weighted by molar-refractivity contribution is -0.0712. The van der Waals surface area contributed by atoms with E-state index in [4.69, 9.17) is 6.42 Å². The van der Waals surface area contributed by atoms with Crippen LogP contribution in [0.15, 0.2) is 0 Å². The Kier molecular flexibility index (Phi) is 2.80. The van der Waals surface area contributed by atoms with Crippen LogP contribution < -0.4 is 0 Å². The van der Waals surface area contributed by atoms with Gasteiger partial charge in [-0.25, -0.2) is 8.78 Å². The molecule has 0 radical (unpaired) electrons. The van der Waals surface area contributed by atoms with E-state index in [-0.39, 0.29) is 19.0 Å². The monoisotopic (exact) mass is 187 g/mol. The van der Waals surface area contributed by atoms with E-state index in [1.54, 1.807) is 0 Å². The molecule has 1 saturated heterocycles. The molecule has 0 saturated carbocycles. The summed E-state index contributed by atoms with van der Waals surface area (Å²) in [5, 5.41) is 0. The highest BCUT2D eigenvalue weighted by atomic mass is 19.3. The fourth-order valence-electron chi connectivity index (χ4n) is 1.80. The number of alkyl halides is 2. The van der Waals surface area contributed by atoms with Crippen molar-refractivity contribution >= 4 is 0 Å². The van der Waals surface area contributed by atoms with Crippen LogP contribution in [0.4, 0.5) is 8.78 Å². The maximum absolute atomic E-state index is 12.9. The lowest BCUT2D eigenvalue weighted by atomic mass is 9.92. The Morgan fingerprint density at radius 1 is 1.54 bits per heavy atom. The van der Waals surface area contributed by atoms with Gasteiger partial charge in [-0.2, -0.15) is 0 Å². The zero-order valence-corrected chi connectivity index (χ0v) is 8.06. The number of piperidine rings is 1. The standard InChI is InChI=1S/C10H15F2N/c1-4-13-7-10(11,12)6-5-9(13)8(2)3/h1,8-9H,5-7H2,2-3H3. The Balaban J connectivity index is 2.68. The summed E-state index contributed by atoms with van der Waals surface area (Å²) in [6, 6.07) is 2.46. The van der Waals surface area contributed by atoms with E-state index in [2.05, 4.69) is 6.04 Å². The van der Waals surface area contributed by atoms with E-state index in [0.717, 1.165) is 0 Å². The minimum absolute atomic E-state index is 0.0337. The highest BCUT2D eigenvalue weighted by Crippen LogP contribution is 2.32. The molecule has 1 aliphatic rings. The molecular weight excluding hydrogens is 172 g/mol. The predicted octanol–water partition coefficient (Wildman–Crippen LogP) is 2.33. The number of hydrogen-bond donors (Lipinski definition) is 0. The van der Waals surface area contributed by atoms with Gasteiger partial charge in [0.05, 0.1) is 6.54 Å². The van der Waals surface area contributed by atoms with Crippen LogP contribution in [0.3, 0.4) is 0 Å². The second kappa shape index (κ2) is 3.53. The molecule has 0 aromatic rings. The molecule has 1 unspecified atom stereocenters. The molecule has 0 amide bonds. The molecule has 0 spiro atoms. The van der Waals surface area contributed by atoms with Crippen molar-refractivity contribution in [2.45, 2.75) is 38.7 Å². The largest absolute Gasteiger partial charge is 0.323 e. The highest BCUT2D eigenvalue weighted by Gasteiger charge is 2.39. The van der Waals surface area contributed by atoms with Crippen molar-refractivity contribution in [1.82, 2.24) is 4.90 Å². The lowest BCUT2D eigenvalue weighted by Gasteiger charge is -2.39. The van der Waals surface area contributed by atoms with Crippen LogP contribution in [0, 0.1) is 18.4 Å². The zero-order valence-electron chi connectivity index (χ0n) is 8.06. The molecular formula is C10H15F2N. The van der Waals surface area contributed by atoms with Crippen LogP contribution in [0.2, 0.25) is 0 Å². The van der Waals surface area contributed by atoms with Crippen LogP contribution in [-0.2, 0) is 0 Å². The molecule has 13 heavy (non-hydrogen) atoms. The summed E-state index contributed by atoms with van der Waals surface area (Å²) in [5.74, 6) is -2.26. The molecule has 0 aromatic carbocycles. The molecule has 1 atom stereocenters. The molecule has 1 fully saturated rings. The van der Waals surface area contributed by atoms with Crippen LogP contribution in [0.25, 0.3) is 0 Å². The van der Waals surface area contributed by atoms with Gasteiger partial charge in [0.15, 0.2) is 0 Å². The highest BCUT2D eigenvalue weighted by molar-refractivity contribution is 4.97. The van der Waals surface area contributed by atoms with Gasteiger partial charge in [0.2, 0.25) is 0 Å². The number of terminal acetylenes is 1. The minimum atomic E-state index is -2.60. The van der Waals surface area contributed by atoms with E-state index in [1.807, 2.05) is 13.8 Å². The quantitative estimate of drug-likeness (QED) is 0.569. The van der Waals surface area contributed by atoms with E-state index in [0.29, 0.717) is 12.3 Å². The van der Waals surface area contributed by atoms with Crippen LogP contribution >= 0.6 is 0 Å². The van der Waals surface area contributed by atoms with Gasteiger partial charge in [0.1, 0.15) is 0 Å². The van der Waals surface area contributed by atoms with Gasteiger partial charge in [-0.15, -0.1) is 0 Å². The fraction of sp³-hybridized carbons (Fsp3) is 0.800. The third-order valence-corrected chi connectivity index (χ3v) is 2.54. The van der Waals surface area contributed by atoms with E-state index in [9.17, 15) is 8.78 Å². The summed E-state index contributed by atoms with van der Waals surface area (Å²) in [6.45, 7) is 3.74. The zero-order chi connectivity index (χ0) is 10.1. The van der Waals surface area contributed by atoms with Crippen molar-refractivity contribution in [2.75, 3.05) is 6.54 Å². The van der Waals surface area contributed by atoms with Gasteiger partial charge in [0.25, 0.3) is 5.92 Å². The second-order valence-electron chi connectivity index (χ2n) is 3.96. The van der Waals surface area contributed by atoms with Crippen molar-refractivity contribution in [2.24, 2.45) is 5.92 Å². The first-order chi connectivity index (χ1) is 5.96. The first-order valence-electron chi connectivity index (χ1n) is 4.57. The summed E-state index contributed by atoms with van der Waals surface area (Å²) in [5.41, 5.74) is 0. The van der Waals surface area contributed by atoms with Crippen molar-refractivity contribution in [1.29, 1.82) is 0 Å². The van der Waals surface area contributed by atoms with E-state index < -0.39 is 5.92 Å². The number of rotatable bonds is 1. The maximum Gasteiger partial charge on any atom is 0.266 e. The molecule has 1 nitrogen and oxygen atoms in total. The van der Waals surface area contributed by atoms with Gasteiger partial charge in [-0.1, -0.05) is 20.3 Å².